The van der Waals surface area contributed by atoms with E-state index in [0.717, 1.165) is 29.2 Å². The maximum Gasteiger partial charge on any atom is 0.278 e. The number of rotatable bonds is 4. The van der Waals surface area contributed by atoms with Crippen molar-refractivity contribution in [2.75, 3.05) is 11.9 Å². The Morgan fingerprint density at radius 3 is 2.88 bits per heavy atom. The van der Waals surface area contributed by atoms with Crippen molar-refractivity contribution in [2.24, 2.45) is 0 Å². The summed E-state index contributed by atoms with van der Waals surface area (Å²) in [5, 5.41) is 22.8. The number of aryl methyl sites for hydroxylation is 1. The van der Waals surface area contributed by atoms with Crippen LogP contribution in [0.1, 0.15) is 37.9 Å². The summed E-state index contributed by atoms with van der Waals surface area (Å²) in [4.78, 5) is 12.5. The zero-order valence-electron chi connectivity index (χ0n) is 14.2. The second kappa shape index (κ2) is 7.94. The molecule has 0 unspecified atom stereocenters. The minimum atomic E-state index is -0.251. The molecule has 1 aliphatic rings. The smallest absolute Gasteiger partial charge is 0.278 e. The number of aromatic amines is 1. The highest BCUT2D eigenvalue weighted by Gasteiger charge is 2.22. The maximum atomic E-state index is 12.5. The Morgan fingerprint density at radius 2 is 2.08 bits per heavy atom. The number of halogens is 1. The molecule has 0 spiro atoms. The van der Waals surface area contributed by atoms with Gasteiger partial charge in [-0.3, -0.25) is 15.2 Å². The van der Waals surface area contributed by atoms with Gasteiger partial charge in [0.1, 0.15) is 5.01 Å². The van der Waals surface area contributed by atoms with Gasteiger partial charge in [-0.25, -0.2) is 0 Å². The van der Waals surface area contributed by atoms with Crippen LogP contribution in [0.2, 0.25) is 0 Å². The van der Waals surface area contributed by atoms with Crippen molar-refractivity contribution >= 4 is 34.8 Å². The molecule has 3 aromatic rings. The summed E-state index contributed by atoms with van der Waals surface area (Å²) in [5.74, 6) is -0.251. The molecule has 136 valence electrons. The molecule has 4 rings (SSSR count). The minimum absolute atomic E-state index is 0. The molecule has 0 radical (unpaired) electrons. The first-order valence-electron chi connectivity index (χ1n) is 8.15. The van der Waals surface area contributed by atoms with E-state index in [1.807, 2.05) is 0 Å². The lowest BCUT2D eigenvalue weighted by Gasteiger charge is -2.12. The van der Waals surface area contributed by atoms with Gasteiger partial charge in [0.2, 0.25) is 5.13 Å². The number of hydrogen-bond acceptors (Lipinski definition) is 6. The Labute approximate surface area is 161 Å². The van der Waals surface area contributed by atoms with E-state index in [1.54, 1.807) is 0 Å². The largest absolute Gasteiger partial charge is 0.312 e. The summed E-state index contributed by atoms with van der Waals surface area (Å²) in [6.45, 7) is 3.62. The first kappa shape index (κ1) is 18.5. The van der Waals surface area contributed by atoms with Crippen molar-refractivity contribution < 1.29 is 4.79 Å². The van der Waals surface area contributed by atoms with E-state index in [9.17, 15) is 4.79 Å². The molecule has 0 atom stereocenters. The topological polar surface area (TPSA) is 95.6 Å². The summed E-state index contributed by atoms with van der Waals surface area (Å²) in [6.07, 6.45) is 1.56. The van der Waals surface area contributed by atoms with E-state index >= 15 is 0 Å². The van der Waals surface area contributed by atoms with Crippen molar-refractivity contribution in [1.82, 2.24) is 25.7 Å². The number of carbonyl (C=O) groups is 1. The molecule has 1 aliphatic heterocycles. The normalized spacial score (nSPS) is 13.0. The van der Waals surface area contributed by atoms with Crippen molar-refractivity contribution in [3.8, 4) is 0 Å². The first-order chi connectivity index (χ1) is 12.2. The molecule has 0 bridgehead atoms. The Morgan fingerprint density at radius 1 is 1.27 bits per heavy atom. The van der Waals surface area contributed by atoms with E-state index in [2.05, 4.69) is 62.2 Å². The van der Waals surface area contributed by atoms with E-state index < -0.39 is 0 Å². The van der Waals surface area contributed by atoms with Crippen LogP contribution < -0.4 is 10.6 Å². The second-order valence-electron chi connectivity index (χ2n) is 6.07. The number of anilines is 1. The lowest BCUT2D eigenvalue weighted by molar-refractivity contribution is 0.102. The molecular formula is C17H19ClN6OS. The molecule has 7 nitrogen and oxygen atoms in total. The predicted molar refractivity (Wildman–Crippen MR) is 103 cm³/mol. The predicted octanol–water partition coefficient (Wildman–Crippen LogP) is 2.48. The fraction of sp³-hybridized carbons (Fsp3) is 0.294. The van der Waals surface area contributed by atoms with Crippen molar-refractivity contribution in [2.45, 2.75) is 26.3 Å². The van der Waals surface area contributed by atoms with E-state index in [1.165, 1.54) is 22.5 Å². The number of carbonyl (C=O) groups excluding carboxylic acids is 1. The first-order valence-corrected chi connectivity index (χ1v) is 8.97. The zero-order chi connectivity index (χ0) is 17.2. The Hall–Kier alpha value is -2.29. The van der Waals surface area contributed by atoms with Crippen LogP contribution in [0.4, 0.5) is 5.13 Å². The van der Waals surface area contributed by atoms with Crippen LogP contribution in [0.25, 0.3) is 0 Å². The average molecular weight is 391 g/mol. The highest BCUT2D eigenvalue weighted by Crippen LogP contribution is 2.21. The molecule has 0 fully saturated rings. The highest BCUT2D eigenvalue weighted by molar-refractivity contribution is 7.15. The number of nitrogens with one attached hydrogen (secondary N) is 3. The number of amides is 1. The van der Waals surface area contributed by atoms with Crippen LogP contribution >= 0.6 is 23.7 Å². The fourth-order valence-corrected chi connectivity index (χ4v) is 3.59. The summed E-state index contributed by atoms with van der Waals surface area (Å²) < 4.78 is 0. The van der Waals surface area contributed by atoms with Crippen LogP contribution in [0.5, 0.6) is 0 Å². The van der Waals surface area contributed by atoms with Gasteiger partial charge in [0, 0.05) is 37.2 Å². The third kappa shape index (κ3) is 3.92. The lowest BCUT2D eigenvalue weighted by atomic mass is 10.1. The molecular weight excluding hydrogens is 372 g/mol. The Balaban J connectivity index is 0.00000196. The molecule has 9 heteroatoms. The van der Waals surface area contributed by atoms with Gasteiger partial charge in [-0.2, -0.15) is 5.10 Å². The van der Waals surface area contributed by atoms with Gasteiger partial charge in [0.25, 0.3) is 5.91 Å². The van der Waals surface area contributed by atoms with Crippen LogP contribution in [0.3, 0.4) is 0 Å². The molecule has 1 aromatic carbocycles. The SMILES string of the molecule is Cc1ccc(Cc2nnc(NC(=O)c3n[nH]c4c3CNCC4)s2)cc1.Cl. The molecule has 3 N–H and O–H groups in total. The van der Waals surface area contributed by atoms with Gasteiger partial charge < -0.3 is 5.32 Å². The number of hydrogen-bond donors (Lipinski definition) is 3. The molecule has 3 heterocycles. The fourth-order valence-electron chi connectivity index (χ4n) is 2.83. The van der Waals surface area contributed by atoms with E-state index in [-0.39, 0.29) is 18.3 Å². The van der Waals surface area contributed by atoms with Crippen molar-refractivity contribution in [3.05, 3.63) is 57.4 Å². The van der Waals surface area contributed by atoms with Gasteiger partial charge in [-0.05, 0) is 12.5 Å². The van der Waals surface area contributed by atoms with Gasteiger partial charge in [-0.15, -0.1) is 22.6 Å². The van der Waals surface area contributed by atoms with E-state index in [0.29, 0.717) is 23.8 Å². The molecule has 0 aliphatic carbocycles. The van der Waals surface area contributed by atoms with Crippen molar-refractivity contribution in [3.63, 3.8) is 0 Å². The highest BCUT2D eigenvalue weighted by atomic mass is 35.5. The van der Waals surface area contributed by atoms with Gasteiger partial charge in [0.05, 0.1) is 0 Å². The van der Waals surface area contributed by atoms with Gasteiger partial charge in [0.15, 0.2) is 5.69 Å². The Kier molecular flexibility index (Phi) is 5.65. The average Bonchev–Trinajstić information content (AvgIpc) is 3.23. The maximum absolute atomic E-state index is 12.5. The molecule has 1 amide bonds. The molecule has 2 aromatic heterocycles. The quantitative estimate of drug-likeness (QED) is 0.636. The Bertz CT molecular complexity index is 904. The second-order valence-corrected chi connectivity index (χ2v) is 7.14. The lowest BCUT2D eigenvalue weighted by Crippen LogP contribution is -2.25. The summed E-state index contributed by atoms with van der Waals surface area (Å²) in [6, 6.07) is 8.32. The summed E-state index contributed by atoms with van der Waals surface area (Å²) in [5.41, 5.74) is 4.80. The van der Waals surface area contributed by atoms with Crippen LogP contribution in [-0.2, 0) is 19.4 Å². The molecule has 0 saturated heterocycles. The molecule has 0 saturated carbocycles. The summed E-state index contributed by atoms with van der Waals surface area (Å²) in [7, 11) is 0. The number of nitrogens with zero attached hydrogens (tertiary/aromatic N) is 3. The van der Waals surface area contributed by atoms with Crippen LogP contribution in [-0.4, -0.2) is 32.8 Å². The van der Waals surface area contributed by atoms with Crippen LogP contribution in [0, 0.1) is 6.92 Å². The standard InChI is InChI=1S/C17H18N6OS.ClH/c1-10-2-4-11(5-3-10)8-14-21-23-17(25-14)19-16(24)15-12-9-18-7-6-13(12)20-22-15;/h2-5,18H,6-9H2,1H3,(H,20,22)(H,19,23,24);1H. The van der Waals surface area contributed by atoms with Crippen LogP contribution in [0.15, 0.2) is 24.3 Å². The third-order valence-electron chi connectivity index (χ3n) is 4.18. The minimum Gasteiger partial charge on any atom is -0.312 e. The molecule has 26 heavy (non-hydrogen) atoms. The third-order valence-corrected chi connectivity index (χ3v) is 5.02. The van der Waals surface area contributed by atoms with E-state index in [4.69, 9.17) is 0 Å². The number of H-pyrrole nitrogens is 1. The van der Waals surface area contributed by atoms with Crippen molar-refractivity contribution in [1.29, 1.82) is 0 Å². The zero-order valence-corrected chi connectivity index (χ0v) is 15.8. The number of fused-ring (bicyclic) bond motifs is 1. The monoisotopic (exact) mass is 390 g/mol. The number of benzene rings is 1. The number of aromatic nitrogens is 4. The summed E-state index contributed by atoms with van der Waals surface area (Å²) >= 11 is 1.39. The van der Waals surface area contributed by atoms with Gasteiger partial charge >= 0.3 is 0 Å². The van der Waals surface area contributed by atoms with Gasteiger partial charge in [-0.1, -0.05) is 41.2 Å².